The minimum absolute atomic E-state index is 0.252. The van der Waals surface area contributed by atoms with Gasteiger partial charge in [-0.3, -0.25) is 9.69 Å². The van der Waals surface area contributed by atoms with Crippen molar-refractivity contribution in [2.24, 2.45) is 0 Å². The Hall–Kier alpha value is -3.00. The zero-order valence-corrected chi connectivity index (χ0v) is 18.5. The highest BCUT2D eigenvalue weighted by Gasteiger charge is 2.37. The predicted molar refractivity (Wildman–Crippen MR) is 116 cm³/mol. The first kappa shape index (κ1) is 22.7. The summed E-state index contributed by atoms with van der Waals surface area (Å²) in [5, 5.41) is 12.8. The minimum atomic E-state index is -0.627. The van der Waals surface area contributed by atoms with Crippen LogP contribution in [0, 0.1) is 6.92 Å². The monoisotopic (exact) mass is 426 g/mol. The highest BCUT2D eigenvalue weighted by molar-refractivity contribution is 5.86. The van der Waals surface area contributed by atoms with Gasteiger partial charge in [-0.15, -0.1) is 0 Å². The van der Waals surface area contributed by atoms with Gasteiger partial charge in [0, 0.05) is 24.0 Å². The Morgan fingerprint density at radius 2 is 2.00 bits per heavy atom. The molecule has 2 unspecified atom stereocenters. The van der Waals surface area contributed by atoms with Crippen molar-refractivity contribution in [3.8, 4) is 11.1 Å². The molecule has 8 heteroatoms. The lowest BCUT2D eigenvalue weighted by Crippen LogP contribution is -2.48. The number of hydrogen-bond acceptors (Lipinski definition) is 6. The van der Waals surface area contributed by atoms with Gasteiger partial charge in [0.15, 0.2) is 0 Å². The summed E-state index contributed by atoms with van der Waals surface area (Å²) in [4.78, 5) is 35.1. The van der Waals surface area contributed by atoms with E-state index >= 15 is 0 Å². The summed E-state index contributed by atoms with van der Waals surface area (Å²) >= 11 is 0. The van der Waals surface area contributed by atoms with Crippen LogP contribution in [0.5, 0.6) is 0 Å². The number of carbonyl (C=O) groups is 2. The number of amides is 2. The van der Waals surface area contributed by atoms with Gasteiger partial charge in [-0.1, -0.05) is 24.3 Å². The molecular weight excluding hydrogens is 396 g/mol. The van der Waals surface area contributed by atoms with Crippen LogP contribution in [0.1, 0.15) is 50.9 Å². The topological polar surface area (TPSA) is 105 Å². The number of benzene rings is 1. The van der Waals surface area contributed by atoms with Crippen LogP contribution in [0.25, 0.3) is 11.1 Å². The van der Waals surface area contributed by atoms with Crippen molar-refractivity contribution >= 4 is 12.0 Å². The largest absolute Gasteiger partial charge is 0.444 e. The molecule has 1 aromatic heterocycles. The summed E-state index contributed by atoms with van der Waals surface area (Å²) in [7, 11) is 0. The van der Waals surface area contributed by atoms with Crippen molar-refractivity contribution in [2.45, 2.75) is 58.2 Å². The Kier molecular flexibility index (Phi) is 6.90. The fraction of sp³-hybridized carbons (Fsp3) is 0.478. The van der Waals surface area contributed by atoms with Crippen molar-refractivity contribution in [3.05, 3.63) is 48.0 Å². The van der Waals surface area contributed by atoms with Crippen molar-refractivity contribution in [2.75, 3.05) is 13.2 Å². The summed E-state index contributed by atoms with van der Waals surface area (Å²) in [5.74, 6) is -0.293. The normalized spacial score (nSPS) is 17.3. The second-order valence-electron chi connectivity index (χ2n) is 8.72. The van der Waals surface area contributed by atoms with Crippen molar-refractivity contribution in [1.82, 2.24) is 20.2 Å². The second kappa shape index (κ2) is 9.43. The number of hydrogen-bond donors (Lipinski definition) is 2. The number of rotatable bonds is 5. The second-order valence-corrected chi connectivity index (χ2v) is 8.72. The van der Waals surface area contributed by atoms with Crippen LogP contribution in [0.4, 0.5) is 4.79 Å². The van der Waals surface area contributed by atoms with Gasteiger partial charge in [-0.25, -0.2) is 14.8 Å². The number of aliphatic hydroxyl groups is 1. The Balaban J connectivity index is 1.69. The molecule has 0 bridgehead atoms. The van der Waals surface area contributed by atoms with E-state index in [9.17, 15) is 14.7 Å². The molecule has 2 aromatic rings. The van der Waals surface area contributed by atoms with E-state index in [4.69, 9.17) is 4.74 Å². The number of aliphatic hydroxyl groups excluding tert-OH is 1. The Morgan fingerprint density at radius 1 is 1.29 bits per heavy atom. The molecule has 1 aliphatic heterocycles. The van der Waals surface area contributed by atoms with Crippen LogP contribution in [-0.4, -0.2) is 56.8 Å². The number of aryl methyl sites for hydroxylation is 1. The SMILES string of the molecule is Cc1ncncc1-c1ccc(C(CO)NC(=O)C2CCCN2C(=O)OC(C)(C)C)cc1. The summed E-state index contributed by atoms with van der Waals surface area (Å²) in [6, 6.07) is 6.38. The van der Waals surface area contributed by atoms with E-state index < -0.39 is 23.8 Å². The molecule has 1 aliphatic rings. The number of ether oxygens (including phenoxy) is 1. The van der Waals surface area contributed by atoms with E-state index in [1.807, 2.05) is 31.2 Å². The number of nitrogens with zero attached hydrogens (tertiary/aromatic N) is 3. The van der Waals surface area contributed by atoms with Gasteiger partial charge in [-0.2, -0.15) is 0 Å². The molecule has 1 fully saturated rings. The first-order valence-corrected chi connectivity index (χ1v) is 10.5. The van der Waals surface area contributed by atoms with Crippen LogP contribution in [-0.2, 0) is 9.53 Å². The Bertz CT molecular complexity index is 924. The van der Waals surface area contributed by atoms with E-state index in [-0.39, 0.29) is 12.5 Å². The first-order valence-electron chi connectivity index (χ1n) is 10.5. The van der Waals surface area contributed by atoms with Crippen molar-refractivity contribution in [3.63, 3.8) is 0 Å². The molecule has 0 radical (unpaired) electrons. The molecule has 0 spiro atoms. The van der Waals surface area contributed by atoms with Gasteiger partial charge in [0.05, 0.1) is 12.6 Å². The maximum absolute atomic E-state index is 12.9. The van der Waals surface area contributed by atoms with Gasteiger partial charge in [0.25, 0.3) is 0 Å². The van der Waals surface area contributed by atoms with Gasteiger partial charge >= 0.3 is 6.09 Å². The molecule has 8 nitrogen and oxygen atoms in total. The van der Waals surface area contributed by atoms with Gasteiger partial charge in [-0.05, 0) is 51.7 Å². The third-order valence-corrected chi connectivity index (χ3v) is 5.22. The van der Waals surface area contributed by atoms with Crippen molar-refractivity contribution < 1.29 is 19.4 Å². The van der Waals surface area contributed by atoms with Crippen LogP contribution in [0.3, 0.4) is 0 Å². The molecule has 0 saturated carbocycles. The minimum Gasteiger partial charge on any atom is -0.444 e. The summed E-state index contributed by atoms with van der Waals surface area (Å²) in [6.07, 6.45) is 4.07. The molecular formula is C23H30N4O4. The zero-order valence-electron chi connectivity index (χ0n) is 18.5. The summed E-state index contributed by atoms with van der Waals surface area (Å²) < 4.78 is 5.43. The van der Waals surface area contributed by atoms with Crippen LogP contribution in [0.15, 0.2) is 36.8 Å². The standard InChI is InChI=1S/C23H30N4O4/c1-15-18(12-24-14-25-15)16-7-9-17(10-8-16)19(13-28)26-21(29)20-6-5-11-27(20)22(30)31-23(2,3)4/h7-10,12,14,19-20,28H,5-6,11,13H2,1-4H3,(H,26,29). The highest BCUT2D eigenvalue weighted by Crippen LogP contribution is 2.25. The molecule has 1 saturated heterocycles. The van der Waals surface area contributed by atoms with E-state index in [2.05, 4.69) is 15.3 Å². The van der Waals surface area contributed by atoms with Crippen LogP contribution >= 0.6 is 0 Å². The molecule has 2 heterocycles. The Labute approximate surface area is 182 Å². The van der Waals surface area contributed by atoms with Gasteiger partial charge < -0.3 is 15.2 Å². The third-order valence-electron chi connectivity index (χ3n) is 5.22. The number of nitrogens with one attached hydrogen (secondary N) is 1. The predicted octanol–water partition coefficient (Wildman–Crippen LogP) is 3.00. The first-order chi connectivity index (χ1) is 14.7. The lowest BCUT2D eigenvalue weighted by molar-refractivity contribution is -0.126. The molecule has 3 rings (SSSR count). The van der Waals surface area contributed by atoms with E-state index in [0.717, 1.165) is 28.8 Å². The van der Waals surface area contributed by atoms with Gasteiger partial charge in [0.2, 0.25) is 5.91 Å². The zero-order chi connectivity index (χ0) is 22.6. The maximum Gasteiger partial charge on any atom is 0.410 e. The maximum atomic E-state index is 12.9. The third kappa shape index (κ3) is 5.58. The Morgan fingerprint density at radius 3 is 2.61 bits per heavy atom. The molecule has 2 atom stereocenters. The quantitative estimate of drug-likeness (QED) is 0.762. The summed E-state index contributed by atoms with van der Waals surface area (Å²) in [6.45, 7) is 7.53. The number of carbonyl (C=O) groups excluding carboxylic acids is 2. The van der Waals surface area contributed by atoms with E-state index in [1.54, 1.807) is 27.0 Å². The molecule has 1 aromatic carbocycles. The lowest BCUT2D eigenvalue weighted by Gasteiger charge is -2.29. The average Bonchev–Trinajstić information content (AvgIpc) is 3.22. The molecule has 2 amide bonds. The van der Waals surface area contributed by atoms with E-state index in [0.29, 0.717) is 13.0 Å². The molecule has 0 aliphatic carbocycles. The number of likely N-dealkylation sites (tertiary alicyclic amines) is 1. The van der Waals surface area contributed by atoms with E-state index in [1.165, 1.54) is 11.2 Å². The fourth-order valence-electron chi connectivity index (χ4n) is 3.65. The van der Waals surface area contributed by atoms with Crippen LogP contribution < -0.4 is 5.32 Å². The fourth-order valence-corrected chi connectivity index (χ4v) is 3.65. The molecule has 166 valence electrons. The molecule has 31 heavy (non-hydrogen) atoms. The highest BCUT2D eigenvalue weighted by atomic mass is 16.6. The smallest absolute Gasteiger partial charge is 0.410 e. The van der Waals surface area contributed by atoms with Gasteiger partial charge in [0.1, 0.15) is 18.0 Å². The average molecular weight is 427 g/mol. The number of aromatic nitrogens is 2. The van der Waals surface area contributed by atoms with Crippen molar-refractivity contribution in [1.29, 1.82) is 0 Å². The summed E-state index contributed by atoms with van der Waals surface area (Å²) in [5.41, 5.74) is 2.90. The van der Waals surface area contributed by atoms with Crippen LogP contribution in [0.2, 0.25) is 0 Å². The lowest BCUT2D eigenvalue weighted by atomic mass is 10.0. The molecule has 2 N–H and O–H groups in total.